The maximum absolute atomic E-state index is 13.4. The Labute approximate surface area is 237 Å². The van der Waals surface area contributed by atoms with Crippen LogP contribution in [0.2, 0.25) is 0 Å². The number of hydrogen-bond donors (Lipinski definition) is 1. The molecule has 0 bridgehead atoms. The van der Waals surface area contributed by atoms with E-state index in [1.807, 2.05) is 61.5 Å². The largest absolute Gasteiger partial charge is 0.503 e. The number of carbonyl (C=O) groups is 2. The number of benzene rings is 3. The van der Waals surface area contributed by atoms with E-state index in [2.05, 4.69) is 10.2 Å². The van der Waals surface area contributed by atoms with E-state index in [0.717, 1.165) is 28.0 Å². The van der Waals surface area contributed by atoms with Crippen molar-refractivity contribution < 1.29 is 19.6 Å². The standard InChI is InChI=1S/C29H22N4O5S2/c1-18-7-9-20(10-8-18)17-39-29-31-30-28(40-29)32-25(21-12-14-22(15-13-21)33(37)38)24(26(35)27(32)36)23(34)16-11-19-5-3-2-4-6-19/h2-16,25,35H,17H2,1H3/b16-11+. The second-order valence-electron chi connectivity index (χ2n) is 8.92. The minimum Gasteiger partial charge on any atom is -0.503 e. The molecule has 11 heteroatoms. The van der Waals surface area contributed by atoms with Crippen LogP contribution >= 0.6 is 23.1 Å². The summed E-state index contributed by atoms with van der Waals surface area (Å²) in [5.74, 6) is -1.42. The average molecular weight is 571 g/mol. The molecule has 0 fully saturated rings. The number of thioether (sulfide) groups is 1. The van der Waals surface area contributed by atoms with Gasteiger partial charge >= 0.3 is 0 Å². The molecular formula is C29H22N4O5S2. The van der Waals surface area contributed by atoms with Crippen molar-refractivity contribution in [2.45, 2.75) is 23.1 Å². The Morgan fingerprint density at radius 3 is 2.45 bits per heavy atom. The Hall–Kier alpha value is -4.61. The van der Waals surface area contributed by atoms with Crippen LogP contribution in [0.5, 0.6) is 0 Å². The predicted octanol–water partition coefficient (Wildman–Crippen LogP) is 6.23. The minimum atomic E-state index is -1.05. The first kappa shape index (κ1) is 27.0. The molecule has 40 heavy (non-hydrogen) atoms. The molecular weight excluding hydrogens is 548 g/mol. The fraction of sp³-hybridized carbons (Fsp3) is 0.103. The summed E-state index contributed by atoms with van der Waals surface area (Å²) < 4.78 is 0.606. The number of hydrogen-bond acceptors (Lipinski definition) is 9. The minimum absolute atomic E-state index is 0.143. The highest BCUT2D eigenvalue weighted by Crippen LogP contribution is 2.43. The summed E-state index contributed by atoms with van der Waals surface area (Å²) in [6.07, 6.45) is 2.88. The number of nitro benzene ring substituents is 1. The zero-order chi connectivity index (χ0) is 28.2. The summed E-state index contributed by atoms with van der Waals surface area (Å²) in [4.78, 5) is 38.6. The lowest BCUT2D eigenvalue weighted by Gasteiger charge is -2.23. The van der Waals surface area contributed by atoms with Crippen molar-refractivity contribution in [2.24, 2.45) is 0 Å². The van der Waals surface area contributed by atoms with Crippen molar-refractivity contribution in [3.63, 3.8) is 0 Å². The number of anilines is 1. The first-order valence-corrected chi connectivity index (χ1v) is 13.9. The van der Waals surface area contributed by atoms with Gasteiger partial charge in [0.15, 0.2) is 15.9 Å². The second-order valence-corrected chi connectivity index (χ2v) is 11.1. The zero-order valence-electron chi connectivity index (χ0n) is 21.1. The number of ketones is 1. The van der Waals surface area contributed by atoms with Gasteiger partial charge in [0.25, 0.3) is 11.6 Å². The van der Waals surface area contributed by atoms with Crippen molar-refractivity contribution in [3.8, 4) is 0 Å². The maximum Gasteiger partial charge on any atom is 0.296 e. The number of aliphatic hydroxyl groups excluding tert-OH is 1. The van der Waals surface area contributed by atoms with E-state index in [4.69, 9.17) is 0 Å². The Morgan fingerprint density at radius 1 is 1.07 bits per heavy atom. The van der Waals surface area contributed by atoms with E-state index >= 15 is 0 Å². The summed E-state index contributed by atoms with van der Waals surface area (Å²) in [7, 11) is 0. The van der Waals surface area contributed by atoms with Crippen molar-refractivity contribution in [1.29, 1.82) is 0 Å². The van der Waals surface area contributed by atoms with Gasteiger partial charge in [0.05, 0.1) is 16.5 Å². The van der Waals surface area contributed by atoms with Crippen LogP contribution in [0.25, 0.3) is 6.08 Å². The van der Waals surface area contributed by atoms with Crippen molar-refractivity contribution >= 4 is 51.7 Å². The molecule has 1 unspecified atom stereocenters. The van der Waals surface area contributed by atoms with E-state index in [-0.39, 0.29) is 16.4 Å². The van der Waals surface area contributed by atoms with E-state index in [0.29, 0.717) is 15.7 Å². The van der Waals surface area contributed by atoms with Crippen LogP contribution in [0, 0.1) is 17.0 Å². The molecule has 1 atom stereocenters. The van der Waals surface area contributed by atoms with Gasteiger partial charge in [0, 0.05) is 17.9 Å². The van der Waals surface area contributed by atoms with Crippen LogP contribution in [0.3, 0.4) is 0 Å². The molecule has 0 radical (unpaired) electrons. The zero-order valence-corrected chi connectivity index (χ0v) is 22.8. The van der Waals surface area contributed by atoms with Gasteiger partial charge in [0.2, 0.25) is 5.13 Å². The van der Waals surface area contributed by atoms with E-state index in [1.54, 1.807) is 6.08 Å². The lowest BCUT2D eigenvalue weighted by molar-refractivity contribution is -0.384. The van der Waals surface area contributed by atoms with E-state index in [9.17, 15) is 24.8 Å². The number of carbonyl (C=O) groups excluding carboxylic acids is 2. The van der Waals surface area contributed by atoms with Gasteiger partial charge in [-0.25, -0.2) is 0 Å². The Morgan fingerprint density at radius 2 is 1.77 bits per heavy atom. The quantitative estimate of drug-likeness (QED) is 0.0825. The van der Waals surface area contributed by atoms with Gasteiger partial charge in [-0.2, -0.15) is 0 Å². The second kappa shape index (κ2) is 11.6. The van der Waals surface area contributed by atoms with Crippen molar-refractivity contribution in [2.75, 3.05) is 4.90 Å². The number of allylic oxidation sites excluding steroid dienone is 1. The summed E-state index contributed by atoms with van der Waals surface area (Å²) in [5, 5.41) is 30.7. The third-order valence-electron chi connectivity index (χ3n) is 6.20. The Kier molecular flexibility index (Phi) is 7.85. The van der Waals surface area contributed by atoms with E-state index in [1.165, 1.54) is 47.0 Å². The molecule has 1 amide bonds. The van der Waals surface area contributed by atoms with Gasteiger partial charge < -0.3 is 5.11 Å². The van der Waals surface area contributed by atoms with Crippen LogP contribution in [0.1, 0.15) is 28.3 Å². The molecule has 0 saturated heterocycles. The smallest absolute Gasteiger partial charge is 0.296 e. The maximum atomic E-state index is 13.4. The first-order valence-electron chi connectivity index (χ1n) is 12.1. The molecule has 1 N–H and O–H groups in total. The van der Waals surface area contributed by atoms with Crippen molar-refractivity contribution in [1.82, 2.24) is 10.2 Å². The molecule has 0 spiro atoms. The number of aliphatic hydroxyl groups is 1. The average Bonchev–Trinajstić information content (AvgIpc) is 3.54. The molecule has 3 aromatic carbocycles. The first-order chi connectivity index (χ1) is 19.3. The van der Waals surface area contributed by atoms with Crippen LogP contribution in [-0.2, 0) is 15.3 Å². The van der Waals surface area contributed by atoms with Gasteiger partial charge in [-0.15, -0.1) is 10.2 Å². The number of rotatable bonds is 9. The Bertz CT molecular complexity index is 1630. The molecule has 200 valence electrons. The lowest BCUT2D eigenvalue weighted by Crippen LogP contribution is -2.30. The molecule has 5 rings (SSSR count). The van der Waals surface area contributed by atoms with Gasteiger partial charge in [-0.3, -0.25) is 24.6 Å². The SMILES string of the molecule is Cc1ccc(CSc2nnc(N3C(=O)C(O)=C(C(=O)/C=C/c4ccccc4)C3c3ccc([N+](=O)[O-])cc3)s2)cc1. The van der Waals surface area contributed by atoms with E-state index < -0.39 is 28.4 Å². The van der Waals surface area contributed by atoms with Crippen LogP contribution in [0.4, 0.5) is 10.8 Å². The molecule has 1 aliphatic rings. The fourth-order valence-corrected chi connectivity index (χ4v) is 5.98. The number of amides is 1. The summed E-state index contributed by atoms with van der Waals surface area (Å²) >= 11 is 2.61. The lowest BCUT2D eigenvalue weighted by atomic mass is 9.95. The summed E-state index contributed by atoms with van der Waals surface area (Å²) in [6, 6.07) is 21.7. The topological polar surface area (TPSA) is 127 Å². The van der Waals surface area contributed by atoms with Crippen LogP contribution < -0.4 is 4.90 Å². The van der Waals surface area contributed by atoms with Gasteiger partial charge in [-0.1, -0.05) is 89.3 Å². The summed E-state index contributed by atoms with van der Waals surface area (Å²) in [6.45, 7) is 2.02. The van der Waals surface area contributed by atoms with Crippen LogP contribution in [-0.4, -0.2) is 31.9 Å². The molecule has 1 aliphatic heterocycles. The van der Waals surface area contributed by atoms with Gasteiger partial charge in [0.1, 0.15) is 0 Å². The third kappa shape index (κ3) is 5.70. The number of aromatic nitrogens is 2. The highest BCUT2D eigenvalue weighted by molar-refractivity contribution is 8.00. The normalized spacial score (nSPS) is 15.3. The number of nitrogens with zero attached hydrogens (tertiary/aromatic N) is 4. The Balaban J connectivity index is 1.47. The molecule has 4 aromatic rings. The van der Waals surface area contributed by atoms with Gasteiger partial charge in [-0.05, 0) is 41.8 Å². The third-order valence-corrected chi connectivity index (χ3v) is 8.33. The molecule has 1 aromatic heterocycles. The fourth-order valence-electron chi connectivity index (χ4n) is 4.16. The number of nitro groups is 1. The van der Waals surface area contributed by atoms with Crippen molar-refractivity contribution in [3.05, 3.63) is 129 Å². The molecule has 9 nitrogen and oxygen atoms in total. The highest BCUT2D eigenvalue weighted by Gasteiger charge is 2.45. The predicted molar refractivity (Wildman–Crippen MR) is 154 cm³/mol. The number of non-ortho nitro benzene ring substituents is 1. The molecule has 0 saturated carbocycles. The molecule has 0 aliphatic carbocycles. The monoisotopic (exact) mass is 570 g/mol. The number of aryl methyl sites for hydroxylation is 1. The molecule has 2 heterocycles. The van der Waals surface area contributed by atoms with Crippen LogP contribution in [0.15, 0.2) is 101 Å². The summed E-state index contributed by atoms with van der Waals surface area (Å²) in [5.41, 5.74) is 3.15. The highest BCUT2D eigenvalue weighted by atomic mass is 32.2.